The van der Waals surface area contributed by atoms with Crippen LogP contribution >= 0.6 is 0 Å². The van der Waals surface area contributed by atoms with E-state index in [9.17, 15) is 13.2 Å². The molecule has 0 aliphatic carbocycles. The lowest BCUT2D eigenvalue weighted by Crippen LogP contribution is -2.27. The molecule has 3 aromatic carbocycles. The van der Waals surface area contributed by atoms with Crippen molar-refractivity contribution in [3.8, 4) is 5.75 Å². The van der Waals surface area contributed by atoms with Crippen molar-refractivity contribution >= 4 is 21.6 Å². The van der Waals surface area contributed by atoms with E-state index in [1.54, 1.807) is 61.7 Å². The van der Waals surface area contributed by atoms with Crippen LogP contribution in [0.2, 0.25) is 0 Å². The predicted molar refractivity (Wildman–Crippen MR) is 113 cm³/mol. The van der Waals surface area contributed by atoms with Crippen molar-refractivity contribution in [1.29, 1.82) is 0 Å². The molecule has 7 heteroatoms. The zero-order chi connectivity index (χ0) is 20.9. The van der Waals surface area contributed by atoms with Crippen LogP contribution in [-0.4, -0.2) is 28.5 Å². The molecule has 0 saturated heterocycles. The number of nitrogens with zero attached hydrogens (tertiary/aromatic N) is 1. The number of benzene rings is 3. The van der Waals surface area contributed by atoms with E-state index in [1.807, 2.05) is 24.3 Å². The zero-order valence-corrected chi connectivity index (χ0v) is 17.0. The van der Waals surface area contributed by atoms with E-state index >= 15 is 0 Å². The standard InChI is InChI=1S/C22H22N2O4S/c1-24(29(26,27)21-9-4-3-5-10-21)19-13-11-18(12-14-19)22(25)23-16-17-7-6-8-20(15-17)28-2/h3-15H,16H2,1-2H3,(H,23,25). The van der Waals surface area contributed by atoms with Crippen LogP contribution in [0.1, 0.15) is 15.9 Å². The maximum atomic E-state index is 12.7. The Morgan fingerprint density at radius 2 is 1.66 bits per heavy atom. The SMILES string of the molecule is COc1cccc(CNC(=O)c2ccc(N(C)S(=O)(=O)c3ccccc3)cc2)c1. The van der Waals surface area contributed by atoms with E-state index in [0.29, 0.717) is 17.8 Å². The monoisotopic (exact) mass is 410 g/mol. The number of carbonyl (C=O) groups is 1. The van der Waals surface area contributed by atoms with E-state index in [0.717, 1.165) is 11.3 Å². The third-order valence-electron chi connectivity index (χ3n) is 4.48. The van der Waals surface area contributed by atoms with Gasteiger partial charge in [0.1, 0.15) is 5.75 Å². The number of nitrogens with one attached hydrogen (secondary N) is 1. The van der Waals surface area contributed by atoms with Crippen LogP contribution in [0.4, 0.5) is 5.69 Å². The van der Waals surface area contributed by atoms with Gasteiger partial charge in [0.25, 0.3) is 15.9 Å². The number of sulfonamides is 1. The highest BCUT2D eigenvalue weighted by Crippen LogP contribution is 2.22. The minimum Gasteiger partial charge on any atom is -0.497 e. The fraction of sp³-hybridized carbons (Fsp3) is 0.136. The highest BCUT2D eigenvalue weighted by atomic mass is 32.2. The van der Waals surface area contributed by atoms with Gasteiger partial charge in [0.05, 0.1) is 17.7 Å². The van der Waals surface area contributed by atoms with Crippen molar-refractivity contribution in [2.45, 2.75) is 11.4 Å². The molecule has 0 saturated carbocycles. The number of rotatable bonds is 7. The van der Waals surface area contributed by atoms with Crippen LogP contribution in [0.5, 0.6) is 5.75 Å². The minimum atomic E-state index is -3.66. The summed E-state index contributed by atoms with van der Waals surface area (Å²) >= 11 is 0. The van der Waals surface area contributed by atoms with E-state index < -0.39 is 10.0 Å². The Morgan fingerprint density at radius 1 is 0.966 bits per heavy atom. The Hall–Kier alpha value is -3.32. The molecular weight excluding hydrogens is 388 g/mol. The third-order valence-corrected chi connectivity index (χ3v) is 6.28. The van der Waals surface area contributed by atoms with Crippen molar-refractivity contribution in [2.75, 3.05) is 18.5 Å². The summed E-state index contributed by atoms with van der Waals surface area (Å²) in [5.41, 5.74) is 1.84. The average molecular weight is 410 g/mol. The topological polar surface area (TPSA) is 75.7 Å². The second kappa shape index (κ2) is 8.79. The molecule has 0 fully saturated rings. The van der Waals surface area contributed by atoms with Gasteiger partial charge in [-0.05, 0) is 54.1 Å². The van der Waals surface area contributed by atoms with Gasteiger partial charge in [0, 0.05) is 19.2 Å². The molecule has 6 nitrogen and oxygen atoms in total. The average Bonchev–Trinajstić information content (AvgIpc) is 2.77. The number of anilines is 1. The molecule has 0 bridgehead atoms. The van der Waals surface area contributed by atoms with E-state index in [1.165, 1.54) is 11.4 Å². The smallest absolute Gasteiger partial charge is 0.264 e. The molecule has 29 heavy (non-hydrogen) atoms. The van der Waals surface area contributed by atoms with Gasteiger partial charge in [-0.2, -0.15) is 0 Å². The molecule has 3 rings (SSSR count). The fourth-order valence-corrected chi connectivity index (χ4v) is 4.00. The van der Waals surface area contributed by atoms with Crippen LogP contribution in [0.3, 0.4) is 0 Å². The summed E-state index contributed by atoms with van der Waals surface area (Å²) in [6.07, 6.45) is 0. The quantitative estimate of drug-likeness (QED) is 0.647. The van der Waals surface area contributed by atoms with Gasteiger partial charge < -0.3 is 10.1 Å². The summed E-state index contributed by atoms with van der Waals surface area (Å²) in [5, 5.41) is 2.84. The van der Waals surface area contributed by atoms with Crippen LogP contribution in [0.25, 0.3) is 0 Å². The molecule has 0 aliphatic rings. The number of hydrogen-bond acceptors (Lipinski definition) is 4. The first-order valence-corrected chi connectivity index (χ1v) is 10.4. The minimum absolute atomic E-state index is 0.211. The van der Waals surface area contributed by atoms with Crippen molar-refractivity contribution in [3.63, 3.8) is 0 Å². The number of ether oxygens (including phenoxy) is 1. The van der Waals surface area contributed by atoms with Gasteiger partial charge >= 0.3 is 0 Å². The zero-order valence-electron chi connectivity index (χ0n) is 16.2. The molecule has 150 valence electrons. The molecule has 0 unspecified atom stereocenters. The van der Waals surface area contributed by atoms with Crippen molar-refractivity contribution < 1.29 is 17.9 Å². The maximum Gasteiger partial charge on any atom is 0.264 e. The van der Waals surface area contributed by atoms with Crippen LogP contribution in [-0.2, 0) is 16.6 Å². The lowest BCUT2D eigenvalue weighted by atomic mass is 10.1. The number of hydrogen-bond donors (Lipinski definition) is 1. The van der Waals surface area contributed by atoms with E-state index in [4.69, 9.17) is 4.74 Å². The Bertz CT molecular complexity index is 1080. The normalized spacial score (nSPS) is 11.0. The summed E-state index contributed by atoms with van der Waals surface area (Å²) in [6.45, 7) is 0.361. The second-order valence-electron chi connectivity index (χ2n) is 6.37. The highest BCUT2D eigenvalue weighted by Gasteiger charge is 2.21. The largest absolute Gasteiger partial charge is 0.497 e. The molecule has 0 aromatic heterocycles. The molecule has 3 aromatic rings. The molecule has 0 atom stereocenters. The molecule has 1 amide bonds. The second-order valence-corrected chi connectivity index (χ2v) is 8.34. The van der Waals surface area contributed by atoms with Gasteiger partial charge in [-0.15, -0.1) is 0 Å². The first-order valence-electron chi connectivity index (χ1n) is 8.97. The number of methoxy groups -OCH3 is 1. The Morgan fingerprint density at radius 3 is 2.31 bits per heavy atom. The van der Waals surface area contributed by atoms with Crippen LogP contribution < -0.4 is 14.4 Å². The van der Waals surface area contributed by atoms with Gasteiger partial charge in [-0.1, -0.05) is 30.3 Å². The molecular formula is C22H22N2O4S. The van der Waals surface area contributed by atoms with Gasteiger partial charge in [-0.3, -0.25) is 9.10 Å². The maximum absolute atomic E-state index is 12.7. The highest BCUT2D eigenvalue weighted by molar-refractivity contribution is 7.92. The van der Waals surface area contributed by atoms with Crippen molar-refractivity contribution in [3.05, 3.63) is 90.0 Å². The van der Waals surface area contributed by atoms with E-state index in [-0.39, 0.29) is 10.8 Å². The summed E-state index contributed by atoms with van der Waals surface area (Å²) < 4.78 is 31.8. The first-order chi connectivity index (χ1) is 13.9. The Balaban J connectivity index is 1.68. The van der Waals surface area contributed by atoms with Gasteiger partial charge in [0.15, 0.2) is 0 Å². The molecule has 0 radical (unpaired) electrons. The third kappa shape index (κ3) is 4.75. The predicted octanol–water partition coefficient (Wildman–Crippen LogP) is 3.45. The summed E-state index contributed by atoms with van der Waals surface area (Å²) in [4.78, 5) is 12.6. The number of amides is 1. The molecule has 0 heterocycles. The molecule has 0 aliphatic heterocycles. The van der Waals surface area contributed by atoms with Crippen molar-refractivity contribution in [2.24, 2.45) is 0 Å². The Kier molecular flexibility index (Phi) is 6.19. The fourth-order valence-electron chi connectivity index (χ4n) is 2.78. The van der Waals surface area contributed by atoms with Gasteiger partial charge in [-0.25, -0.2) is 8.42 Å². The van der Waals surface area contributed by atoms with E-state index in [2.05, 4.69) is 5.32 Å². The van der Waals surface area contributed by atoms with Gasteiger partial charge in [0.2, 0.25) is 0 Å². The molecule has 1 N–H and O–H groups in total. The Labute approximate surface area is 170 Å². The van der Waals surface area contributed by atoms with Crippen molar-refractivity contribution in [1.82, 2.24) is 5.32 Å². The summed E-state index contributed by atoms with van der Waals surface area (Å²) in [5.74, 6) is 0.483. The first kappa shape index (κ1) is 20.4. The van der Waals surface area contributed by atoms with Crippen LogP contribution in [0, 0.1) is 0 Å². The summed E-state index contributed by atoms with van der Waals surface area (Å²) in [7, 11) is -0.579. The summed E-state index contributed by atoms with van der Waals surface area (Å²) in [6, 6.07) is 22.1. The number of carbonyl (C=O) groups excluding carboxylic acids is 1. The molecule has 0 spiro atoms. The lowest BCUT2D eigenvalue weighted by Gasteiger charge is -2.19. The van der Waals surface area contributed by atoms with Crippen LogP contribution in [0.15, 0.2) is 83.8 Å². The lowest BCUT2D eigenvalue weighted by molar-refractivity contribution is 0.0951.